The number of aliphatic hydroxyl groups excluding tert-OH is 1. The molecule has 1 heterocycles. The van der Waals surface area contributed by atoms with Crippen LogP contribution in [0, 0.1) is 0 Å². The van der Waals surface area contributed by atoms with E-state index in [1.165, 1.54) is 6.33 Å². The van der Waals surface area contributed by atoms with E-state index in [4.69, 9.17) is 22.4 Å². The standard InChI is InChI=1S/C8H11ClN4O2/c1-4(2-14)13-8(15)5-6(9)11-3-12-7(5)10/h3-4,14H,2H2,1H3,(H,13,15)(H2,10,11,12)/t4-/m0/s1. The lowest BCUT2D eigenvalue weighted by molar-refractivity contribution is 0.0922. The normalized spacial score (nSPS) is 12.2. The van der Waals surface area contributed by atoms with Crippen molar-refractivity contribution in [1.82, 2.24) is 15.3 Å². The van der Waals surface area contributed by atoms with Crippen LogP contribution < -0.4 is 11.1 Å². The van der Waals surface area contributed by atoms with Gasteiger partial charge in [0.2, 0.25) is 0 Å². The molecule has 15 heavy (non-hydrogen) atoms. The highest BCUT2D eigenvalue weighted by Crippen LogP contribution is 2.16. The number of nitrogens with zero attached hydrogens (tertiary/aromatic N) is 2. The van der Waals surface area contributed by atoms with Gasteiger partial charge in [-0.25, -0.2) is 9.97 Å². The fourth-order valence-corrected chi connectivity index (χ4v) is 1.15. The molecule has 0 radical (unpaired) electrons. The third-order valence-corrected chi connectivity index (χ3v) is 2.00. The highest BCUT2D eigenvalue weighted by atomic mass is 35.5. The molecule has 0 bridgehead atoms. The third-order valence-electron chi connectivity index (χ3n) is 1.71. The van der Waals surface area contributed by atoms with Gasteiger partial charge in [-0.1, -0.05) is 11.6 Å². The number of nitrogens with two attached hydrogens (primary N) is 1. The number of carbonyl (C=O) groups excluding carboxylic acids is 1. The number of carbonyl (C=O) groups is 1. The predicted octanol–water partition coefficient (Wildman–Crippen LogP) is -0.177. The lowest BCUT2D eigenvalue weighted by Crippen LogP contribution is -2.35. The van der Waals surface area contributed by atoms with E-state index in [0.717, 1.165) is 0 Å². The van der Waals surface area contributed by atoms with Crippen LogP contribution in [-0.4, -0.2) is 33.6 Å². The molecule has 0 fully saturated rings. The van der Waals surface area contributed by atoms with Gasteiger partial charge in [0, 0.05) is 6.04 Å². The Morgan fingerprint density at radius 3 is 2.93 bits per heavy atom. The van der Waals surface area contributed by atoms with Gasteiger partial charge in [-0.05, 0) is 6.92 Å². The van der Waals surface area contributed by atoms with Crippen LogP contribution in [0.2, 0.25) is 5.15 Å². The zero-order valence-electron chi connectivity index (χ0n) is 8.07. The summed E-state index contributed by atoms with van der Waals surface area (Å²) >= 11 is 5.70. The first-order valence-electron chi connectivity index (χ1n) is 4.24. The molecular weight excluding hydrogens is 220 g/mol. The Labute approximate surface area is 91.5 Å². The van der Waals surface area contributed by atoms with Crippen LogP contribution in [0.4, 0.5) is 5.82 Å². The van der Waals surface area contributed by atoms with Crippen molar-refractivity contribution in [1.29, 1.82) is 0 Å². The first kappa shape index (κ1) is 11.7. The maximum Gasteiger partial charge on any atom is 0.258 e. The summed E-state index contributed by atoms with van der Waals surface area (Å²) in [5, 5.41) is 11.2. The molecular formula is C8H11ClN4O2. The van der Waals surface area contributed by atoms with Crippen LogP contribution in [0.3, 0.4) is 0 Å². The van der Waals surface area contributed by atoms with Gasteiger partial charge in [-0.3, -0.25) is 4.79 Å². The van der Waals surface area contributed by atoms with Gasteiger partial charge in [0.05, 0.1) is 6.61 Å². The number of nitrogen functional groups attached to an aromatic ring is 1. The first-order chi connectivity index (χ1) is 7.06. The monoisotopic (exact) mass is 230 g/mol. The van der Waals surface area contributed by atoms with Gasteiger partial charge in [0.1, 0.15) is 22.9 Å². The lowest BCUT2D eigenvalue weighted by Gasteiger charge is -2.11. The topological polar surface area (TPSA) is 101 Å². The molecule has 1 atom stereocenters. The smallest absolute Gasteiger partial charge is 0.258 e. The van der Waals surface area contributed by atoms with Crippen molar-refractivity contribution >= 4 is 23.3 Å². The van der Waals surface area contributed by atoms with Crippen LogP contribution >= 0.6 is 11.6 Å². The summed E-state index contributed by atoms with van der Waals surface area (Å²) in [6.45, 7) is 1.47. The van der Waals surface area contributed by atoms with Gasteiger partial charge in [0.25, 0.3) is 5.91 Å². The summed E-state index contributed by atoms with van der Waals surface area (Å²) in [6, 6.07) is -0.381. The van der Waals surface area contributed by atoms with Crippen molar-refractivity contribution in [2.45, 2.75) is 13.0 Å². The molecule has 0 aliphatic carbocycles. The molecule has 7 heteroatoms. The van der Waals surface area contributed by atoms with Gasteiger partial charge in [-0.2, -0.15) is 0 Å². The zero-order chi connectivity index (χ0) is 11.4. The SMILES string of the molecule is C[C@@H](CO)NC(=O)c1c(N)ncnc1Cl. The summed E-state index contributed by atoms with van der Waals surface area (Å²) in [5.74, 6) is -0.489. The quantitative estimate of drug-likeness (QED) is 0.626. The van der Waals surface area contributed by atoms with E-state index in [9.17, 15) is 4.79 Å². The van der Waals surface area contributed by atoms with E-state index in [0.29, 0.717) is 0 Å². The van der Waals surface area contributed by atoms with Gasteiger partial charge in [-0.15, -0.1) is 0 Å². The number of amides is 1. The minimum atomic E-state index is -0.500. The number of rotatable bonds is 3. The minimum Gasteiger partial charge on any atom is -0.394 e. The van der Waals surface area contributed by atoms with E-state index in [-0.39, 0.29) is 29.2 Å². The number of halogens is 1. The van der Waals surface area contributed by atoms with Crippen molar-refractivity contribution in [3.8, 4) is 0 Å². The summed E-state index contributed by atoms with van der Waals surface area (Å²) in [4.78, 5) is 18.9. The van der Waals surface area contributed by atoms with E-state index in [1.54, 1.807) is 6.92 Å². The van der Waals surface area contributed by atoms with E-state index < -0.39 is 5.91 Å². The van der Waals surface area contributed by atoms with Gasteiger partial charge in [0.15, 0.2) is 0 Å². The molecule has 0 aliphatic heterocycles. The Kier molecular flexibility index (Phi) is 3.81. The van der Waals surface area contributed by atoms with Crippen molar-refractivity contribution < 1.29 is 9.90 Å². The fourth-order valence-electron chi connectivity index (χ4n) is 0.928. The molecule has 0 unspecified atom stereocenters. The van der Waals surface area contributed by atoms with Crippen molar-refractivity contribution in [2.75, 3.05) is 12.3 Å². The number of nitrogens with one attached hydrogen (secondary N) is 1. The average molecular weight is 231 g/mol. The maximum atomic E-state index is 11.6. The Bertz CT molecular complexity index is 351. The van der Waals surface area contributed by atoms with E-state index in [1.807, 2.05) is 0 Å². The van der Waals surface area contributed by atoms with Crippen molar-refractivity contribution in [2.24, 2.45) is 0 Å². The second-order valence-corrected chi connectivity index (χ2v) is 3.34. The molecule has 1 aromatic heterocycles. The van der Waals surface area contributed by atoms with Crippen LogP contribution in [0.5, 0.6) is 0 Å². The highest BCUT2D eigenvalue weighted by molar-refractivity contribution is 6.33. The van der Waals surface area contributed by atoms with Crippen molar-refractivity contribution in [3.63, 3.8) is 0 Å². The Morgan fingerprint density at radius 2 is 2.40 bits per heavy atom. The number of hydrogen-bond donors (Lipinski definition) is 3. The molecule has 1 aromatic rings. The van der Waals surface area contributed by atoms with Crippen molar-refractivity contribution in [3.05, 3.63) is 17.0 Å². The minimum absolute atomic E-state index is 0.00913. The van der Waals surface area contributed by atoms with E-state index in [2.05, 4.69) is 15.3 Å². The van der Waals surface area contributed by atoms with Gasteiger partial charge < -0.3 is 16.2 Å². The van der Waals surface area contributed by atoms with E-state index >= 15 is 0 Å². The molecule has 0 aliphatic rings. The van der Waals surface area contributed by atoms with Crippen LogP contribution in [0.15, 0.2) is 6.33 Å². The molecule has 1 amide bonds. The number of aromatic nitrogens is 2. The molecule has 1 rings (SSSR count). The maximum absolute atomic E-state index is 11.6. The predicted molar refractivity (Wildman–Crippen MR) is 55.5 cm³/mol. The van der Waals surface area contributed by atoms with Crippen LogP contribution in [0.25, 0.3) is 0 Å². The number of hydrogen-bond acceptors (Lipinski definition) is 5. The van der Waals surface area contributed by atoms with Crippen LogP contribution in [-0.2, 0) is 0 Å². The molecule has 82 valence electrons. The Hall–Kier alpha value is -1.40. The fraction of sp³-hybridized carbons (Fsp3) is 0.375. The number of anilines is 1. The summed E-state index contributed by atoms with van der Waals surface area (Å²) < 4.78 is 0. The molecule has 0 spiro atoms. The third kappa shape index (κ3) is 2.77. The zero-order valence-corrected chi connectivity index (χ0v) is 8.82. The summed E-state index contributed by atoms with van der Waals surface area (Å²) in [7, 11) is 0. The second-order valence-electron chi connectivity index (χ2n) is 2.98. The highest BCUT2D eigenvalue weighted by Gasteiger charge is 2.17. The van der Waals surface area contributed by atoms with Crippen LogP contribution in [0.1, 0.15) is 17.3 Å². The first-order valence-corrected chi connectivity index (χ1v) is 4.61. The molecule has 0 aromatic carbocycles. The number of aliphatic hydroxyl groups is 1. The molecule has 4 N–H and O–H groups in total. The molecule has 6 nitrogen and oxygen atoms in total. The molecule has 0 saturated carbocycles. The summed E-state index contributed by atoms with van der Waals surface area (Å²) in [5.41, 5.74) is 5.51. The summed E-state index contributed by atoms with van der Waals surface area (Å²) in [6.07, 6.45) is 1.17. The lowest BCUT2D eigenvalue weighted by atomic mass is 10.2. The Morgan fingerprint density at radius 1 is 1.73 bits per heavy atom. The average Bonchev–Trinajstić information content (AvgIpc) is 2.17. The largest absolute Gasteiger partial charge is 0.394 e. The molecule has 0 saturated heterocycles. The second kappa shape index (κ2) is 4.90. The Balaban J connectivity index is 2.91. The van der Waals surface area contributed by atoms with Gasteiger partial charge >= 0.3 is 0 Å².